The molecule has 0 unspecified atom stereocenters. The first-order valence-corrected chi connectivity index (χ1v) is 8.67. The molecule has 2 aromatic rings. The number of rotatable bonds is 3. The van der Waals surface area contributed by atoms with Gasteiger partial charge in [0.1, 0.15) is 0 Å². The Balaban J connectivity index is 1.52. The molecule has 2 heterocycles. The summed E-state index contributed by atoms with van der Waals surface area (Å²) in [6, 6.07) is 13.3. The molecule has 1 saturated heterocycles. The van der Waals surface area contributed by atoms with Gasteiger partial charge >= 0.3 is 0 Å². The molecular weight excluding hydrogens is 308 g/mol. The summed E-state index contributed by atoms with van der Waals surface area (Å²) in [6.07, 6.45) is 1.60. The van der Waals surface area contributed by atoms with Crippen LogP contribution in [0.5, 0.6) is 0 Å². The first-order valence-electron chi connectivity index (χ1n) is 7.85. The Hall–Kier alpha value is -2.14. The number of carbonyl (C=O) groups excluding carboxylic acids is 2. The van der Waals surface area contributed by atoms with Gasteiger partial charge in [-0.05, 0) is 44.0 Å². The number of hydrogen-bond donors (Lipinski definition) is 1. The van der Waals surface area contributed by atoms with E-state index in [1.807, 2.05) is 54.3 Å². The fourth-order valence-electron chi connectivity index (χ4n) is 2.80. The Morgan fingerprint density at radius 3 is 2.39 bits per heavy atom. The van der Waals surface area contributed by atoms with Crippen molar-refractivity contribution in [1.82, 2.24) is 10.2 Å². The van der Waals surface area contributed by atoms with Crippen molar-refractivity contribution in [2.75, 3.05) is 13.1 Å². The minimum absolute atomic E-state index is 0.00376. The number of amides is 2. The van der Waals surface area contributed by atoms with E-state index in [9.17, 15) is 9.59 Å². The van der Waals surface area contributed by atoms with Crippen LogP contribution >= 0.6 is 11.3 Å². The SMILES string of the molecule is Cc1ccc(C(=O)NC2CCN(C(=O)c3ccccc3)CC2)s1. The zero-order chi connectivity index (χ0) is 16.2. The third-order valence-corrected chi connectivity index (χ3v) is 5.10. The highest BCUT2D eigenvalue weighted by Crippen LogP contribution is 2.17. The number of thiophene rings is 1. The molecule has 2 amide bonds. The third-order valence-electron chi connectivity index (χ3n) is 4.10. The molecule has 0 spiro atoms. The van der Waals surface area contributed by atoms with Gasteiger partial charge in [0.25, 0.3) is 11.8 Å². The summed E-state index contributed by atoms with van der Waals surface area (Å²) in [5.74, 6) is 0.0696. The summed E-state index contributed by atoms with van der Waals surface area (Å²) >= 11 is 1.51. The Labute approximate surface area is 140 Å². The lowest BCUT2D eigenvalue weighted by atomic mass is 10.0. The number of nitrogens with one attached hydrogen (secondary N) is 1. The van der Waals surface area contributed by atoms with Gasteiger partial charge < -0.3 is 10.2 Å². The maximum absolute atomic E-state index is 12.4. The molecule has 1 aromatic carbocycles. The number of likely N-dealkylation sites (tertiary alicyclic amines) is 1. The van der Waals surface area contributed by atoms with Crippen molar-refractivity contribution in [1.29, 1.82) is 0 Å². The molecular formula is C18H20N2O2S. The van der Waals surface area contributed by atoms with Crippen LogP contribution in [0.15, 0.2) is 42.5 Å². The van der Waals surface area contributed by atoms with E-state index in [1.54, 1.807) is 0 Å². The van der Waals surface area contributed by atoms with Crippen molar-refractivity contribution in [3.05, 3.63) is 57.8 Å². The van der Waals surface area contributed by atoms with Gasteiger partial charge in [-0.1, -0.05) is 18.2 Å². The van der Waals surface area contributed by atoms with Crippen LogP contribution in [0, 0.1) is 6.92 Å². The Morgan fingerprint density at radius 1 is 1.09 bits per heavy atom. The second-order valence-corrected chi connectivity index (χ2v) is 7.10. The molecule has 5 heteroatoms. The largest absolute Gasteiger partial charge is 0.348 e. The lowest BCUT2D eigenvalue weighted by Crippen LogP contribution is -2.46. The molecule has 1 N–H and O–H groups in total. The van der Waals surface area contributed by atoms with Crippen LogP contribution in [0.1, 0.15) is 37.7 Å². The molecule has 0 aliphatic carbocycles. The van der Waals surface area contributed by atoms with Crippen LogP contribution in [-0.2, 0) is 0 Å². The summed E-state index contributed by atoms with van der Waals surface area (Å²) in [6.45, 7) is 3.36. The van der Waals surface area contributed by atoms with Crippen molar-refractivity contribution in [2.45, 2.75) is 25.8 Å². The molecule has 23 heavy (non-hydrogen) atoms. The smallest absolute Gasteiger partial charge is 0.261 e. The number of aryl methyl sites for hydroxylation is 1. The molecule has 0 atom stereocenters. The van der Waals surface area contributed by atoms with E-state index < -0.39 is 0 Å². The number of hydrogen-bond acceptors (Lipinski definition) is 3. The monoisotopic (exact) mass is 328 g/mol. The highest BCUT2D eigenvalue weighted by atomic mass is 32.1. The van der Waals surface area contributed by atoms with Crippen LogP contribution < -0.4 is 5.32 Å². The number of nitrogens with zero attached hydrogens (tertiary/aromatic N) is 1. The van der Waals surface area contributed by atoms with Crippen molar-refractivity contribution >= 4 is 23.2 Å². The van der Waals surface area contributed by atoms with Gasteiger partial charge in [-0.2, -0.15) is 0 Å². The lowest BCUT2D eigenvalue weighted by Gasteiger charge is -2.32. The molecule has 1 aromatic heterocycles. The fraction of sp³-hybridized carbons (Fsp3) is 0.333. The maximum atomic E-state index is 12.4. The summed E-state index contributed by atoms with van der Waals surface area (Å²) in [5.41, 5.74) is 0.726. The van der Waals surface area contributed by atoms with Crippen molar-refractivity contribution in [3.8, 4) is 0 Å². The predicted molar refractivity (Wildman–Crippen MR) is 91.9 cm³/mol. The highest BCUT2D eigenvalue weighted by molar-refractivity contribution is 7.13. The minimum atomic E-state index is -0.00376. The summed E-state index contributed by atoms with van der Waals surface area (Å²) < 4.78 is 0. The summed E-state index contributed by atoms with van der Waals surface area (Å²) in [7, 11) is 0. The zero-order valence-electron chi connectivity index (χ0n) is 13.1. The van der Waals surface area contributed by atoms with Crippen molar-refractivity contribution in [3.63, 3.8) is 0 Å². The van der Waals surface area contributed by atoms with Crippen molar-refractivity contribution in [2.24, 2.45) is 0 Å². The summed E-state index contributed by atoms with van der Waals surface area (Å²) in [5, 5.41) is 3.08. The Bertz CT molecular complexity index is 688. The predicted octanol–water partition coefficient (Wildman–Crippen LogP) is 3.09. The summed E-state index contributed by atoms with van der Waals surface area (Å²) in [4.78, 5) is 28.3. The third kappa shape index (κ3) is 3.79. The van der Waals surface area contributed by atoms with Crippen LogP contribution in [0.25, 0.3) is 0 Å². The molecule has 120 valence electrons. The molecule has 4 nitrogen and oxygen atoms in total. The standard InChI is InChI=1S/C18H20N2O2S/c1-13-7-8-16(23-13)17(21)19-15-9-11-20(12-10-15)18(22)14-5-3-2-4-6-14/h2-8,15H,9-12H2,1H3,(H,19,21). The van der Waals surface area contributed by atoms with Gasteiger partial charge in [-0.25, -0.2) is 0 Å². The molecule has 1 aliphatic heterocycles. The second-order valence-electron chi connectivity index (χ2n) is 5.82. The van der Waals surface area contributed by atoms with Gasteiger partial charge in [-0.3, -0.25) is 9.59 Å². The first kappa shape index (κ1) is 15.7. The quantitative estimate of drug-likeness (QED) is 0.941. The number of piperidine rings is 1. The highest BCUT2D eigenvalue weighted by Gasteiger charge is 2.25. The minimum Gasteiger partial charge on any atom is -0.348 e. The van der Waals surface area contributed by atoms with E-state index >= 15 is 0 Å². The molecule has 1 fully saturated rings. The van der Waals surface area contributed by atoms with Crippen LogP contribution in [0.4, 0.5) is 0 Å². The molecule has 0 saturated carbocycles. The van der Waals surface area contributed by atoms with E-state index in [0.29, 0.717) is 13.1 Å². The number of carbonyl (C=O) groups is 2. The van der Waals surface area contributed by atoms with E-state index in [4.69, 9.17) is 0 Å². The van der Waals surface area contributed by atoms with Gasteiger partial charge in [0.05, 0.1) is 4.88 Å². The average molecular weight is 328 g/mol. The van der Waals surface area contributed by atoms with Gasteiger partial charge in [0.15, 0.2) is 0 Å². The van der Waals surface area contributed by atoms with E-state index in [1.165, 1.54) is 11.3 Å². The van der Waals surface area contributed by atoms with Crippen molar-refractivity contribution < 1.29 is 9.59 Å². The normalized spacial score (nSPS) is 15.4. The van der Waals surface area contributed by atoms with Crippen LogP contribution in [0.2, 0.25) is 0 Å². The van der Waals surface area contributed by atoms with Gasteiger partial charge in [0, 0.05) is 29.6 Å². The van der Waals surface area contributed by atoms with E-state index in [-0.39, 0.29) is 17.9 Å². The first-order chi connectivity index (χ1) is 11.1. The fourth-order valence-corrected chi connectivity index (χ4v) is 3.57. The zero-order valence-corrected chi connectivity index (χ0v) is 13.9. The Kier molecular flexibility index (Phi) is 4.76. The lowest BCUT2D eigenvalue weighted by molar-refractivity contribution is 0.0698. The molecule has 3 rings (SSSR count). The van der Waals surface area contributed by atoms with E-state index in [2.05, 4.69) is 5.32 Å². The Morgan fingerprint density at radius 2 is 1.78 bits per heavy atom. The van der Waals surface area contributed by atoms with Crippen LogP contribution in [0.3, 0.4) is 0 Å². The molecule has 0 bridgehead atoms. The van der Waals surface area contributed by atoms with E-state index in [0.717, 1.165) is 28.2 Å². The molecule has 0 radical (unpaired) electrons. The van der Waals surface area contributed by atoms with Gasteiger partial charge in [0.2, 0.25) is 0 Å². The molecule has 1 aliphatic rings. The second kappa shape index (κ2) is 6.96. The van der Waals surface area contributed by atoms with Gasteiger partial charge in [-0.15, -0.1) is 11.3 Å². The maximum Gasteiger partial charge on any atom is 0.261 e. The number of benzene rings is 1. The average Bonchev–Trinajstić information content (AvgIpc) is 3.02. The topological polar surface area (TPSA) is 49.4 Å². The van der Waals surface area contributed by atoms with Crippen LogP contribution in [-0.4, -0.2) is 35.8 Å².